The van der Waals surface area contributed by atoms with Crippen LogP contribution in [0.15, 0.2) is 29.6 Å². The van der Waals surface area contributed by atoms with Gasteiger partial charge in [-0.05, 0) is 25.0 Å². The van der Waals surface area contributed by atoms with E-state index in [4.69, 9.17) is 0 Å². The molecule has 5 heteroatoms. The van der Waals surface area contributed by atoms with E-state index >= 15 is 0 Å². The van der Waals surface area contributed by atoms with Crippen LogP contribution in [0, 0.1) is 0 Å². The van der Waals surface area contributed by atoms with Gasteiger partial charge in [0.1, 0.15) is 10.7 Å². The molecule has 3 aromatic rings. The summed E-state index contributed by atoms with van der Waals surface area (Å²) in [6.07, 6.45) is 2.55. The molecule has 1 aliphatic rings. The van der Waals surface area contributed by atoms with Crippen molar-refractivity contribution in [2.75, 3.05) is 5.32 Å². The van der Waals surface area contributed by atoms with Crippen LogP contribution in [0.4, 0.5) is 5.13 Å². The van der Waals surface area contributed by atoms with Crippen molar-refractivity contribution in [2.24, 2.45) is 0 Å². The summed E-state index contributed by atoms with van der Waals surface area (Å²) >= 11 is 3.37. The van der Waals surface area contributed by atoms with E-state index in [0.29, 0.717) is 6.04 Å². The molecule has 4 rings (SSSR count). The third-order valence-corrected chi connectivity index (χ3v) is 4.75. The standard InChI is InChI=1S/C13H11N3S2/c1-2-4-11-9(3-1)15-12(18-11)10-7-17-13(16-10)14-8-5-6-8/h1-4,7-8H,5-6H2,(H,14,16). The van der Waals surface area contributed by atoms with E-state index in [1.165, 1.54) is 17.5 Å². The van der Waals surface area contributed by atoms with E-state index in [-0.39, 0.29) is 0 Å². The average Bonchev–Trinajstić information content (AvgIpc) is 2.92. The van der Waals surface area contributed by atoms with Gasteiger partial charge in [0, 0.05) is 11.4 Å². The maximum atomic E-state index is 4.63. The van der Waals surface area contributed by atoms with Crippen LogP contribution in [0.1, 0.15) is 12.8 Å². The van der Waals surface area contributed by atoms with Gasteiger partial charge in [0.15, 0.2) is 5.13 Å². The van der Waals surface area contributed by atoms with Gasteiger partial charge in [0.25, 0.3) is 0 Å². The van der Waals surface area contributed by atoms with Gasteiger partial charge in [-0.1, -0.05) is 12.1 Å². The first-order chi connectivity index (χ1) is 8.88. The van der Waals surface area contributed by atoms with Crippen molar-refractivity contribution in [1.29, 1.82) is 0 Å². The van der Waals surface area contributed by atoms with E-state index in [0.717, 1.165) is 21.3 Å². The molecule has 0 atom stereocenters. The van der Waals surface area contributed by atoms with Crippen molar-refractivity contribution in [1.82, 2.24) is 9.97 Å². The lowest BCUT2D eigenvalue weighted by molar-refractivity contribution is 1.14. The SMILES string of the molecule is c1ccc2sc(-c3csc(NC4CC4)n3)nc2c1. The van der Waals surface area contributed by atoms with Crippen LogP contribution in [0.5, 0.6) is 0 Å². The fraction of sp³-hybridized carbons (Fsp3) is 0.231. The van der Waals surface area contributed by atoms with Gasteiger partial charge >= 0.3 is 0 Å². The van der Waals surface area contributed by atoms with E-state index in [2.05, 4.69) is 26.7 Å². The predicted molar refractivity (Wildman–Crippen MR) is 77.4 cm³/mol. The summed E-state index contributed by atoms with van der Waals surface area (Å²) in [5, 5.41) is 7.54. The van der Waals surface area contributed by atoms with Crippen molar-refractivity contribution in [3.63, 3.8) is 0 Å². The molecule has 90 valence electrons. The molecule has 0 radical (unpaired) electrons. The number of nitrogens with zero attached hydrogens (tertiary/aromatic N) is 2. The molecular formula is C13H11N3S2. The Morgan fingerprint density at radius 2 is 2.06 bits per heavy atom. The lowest BCUT2D eigenvalue weighted by atomic mass is 10.3. The van der Waals surface area contributed by atoms with Gasteiger partial charge in [-0.25, -0.2) is 9.97 Å². The largest absolute Gasteiger partial charge is 0.359 e. The van der Waals surface area contributed by atoms with Crippen LogP contribution in [-0.2, 0) is 0 Å². The second kappa shape index (κ2) is 4.03. The monoisotopic (exact) mass is 273 g/mol. The van der Waals surface area contributed by atoms with Crippen LogP contribution in [0.3, 0.4) is 0 Å². The van der Waals surface area contributed by atoms with Gasteiger partial charge < -0.3 is 5.32 Å². The van der Waals surface area contributed by atoms with Crippen molar-refractivity contribution in [3.05, 3.63) is 29.6 Å². The first-order valence-corrected chi connectivity index (χ1v) is 7.66. The quantitative estimate of drug-likeness (QED) is 0.784. The Bertz CT molecular complexity index is 664. The van der Waals surface area contributed by atoms with Crippen LogP contribution in [-0.4, -0.2) is 16.0 Å². The highest BCUT2D eigenvalue weighted by atomic mass is 32.1. The number of thiazole rings is 2. The third-order valence-electron chi connectivity index (χ3n) is 2.92. The van der Waals surface area contributed by atoms with Gasteiger partial charge in [-0.3, -0.25) is 0 Å². The van der Waals surface area contributed by atoms with Crippen LogP contribution in [0.2, 0.25) is 0 Å². The van der Waals surface area contributed by atoms with E-state index in [1.54, 1.807) is 22.7 Å². The molecular weight excluding hydrogens is 262 g/mol. The van der Waals surface area contributed by atoms with Crippen LogP contribution >= 0.6 is 22.7 Å². The predicted octanol–water partition coefficient (Wildman–Crippen LogP) is 3.99. The molecule has 0 unspecified atom stereocenters. The first kappa shape index (κ1) is 10.5. The number of para-hydroxylation sites is 1. The number of fused-ring (bicyclic) bond motifs is 1. The molecule has 0 bridgehead atoms. The normalized spacial score (nSPS) is 15.1. The van der Waals surface area contributed by atoms with Crippen molar-refractivity contribution >= 4 is 38.0 Å². The maximum Gasteiger partial charge on any atom is 0.183 e. The summed E-state index contributed by atoms with van der Waals surface area (Å²) in [7, 11) is 0. The molecule has 1 aromatic carbocycles. The fourth-order valence-corrected chi connectivity index (χ4v) is 3.60. The smallest absolute Gasteiger partial charge is 0.183 e. The highest BCUT2D eigenvalue weighted by Gasteiger charge is 2.22. The van der Waals surface area contributed by atoms with E-state index in [1.807, 2.05) is 18.2 Å². The maximum absolute atomic E-state index is 4.63. The van der Waals surface area contributed by atoms with Gasteiger partial charge in [-0.2, -0.15) is 0 Å². The Morgan fingerprint density at radius 3 is 2.89 bits per heavy atom. The fourth-order valence-electron chi connectivity index (χ4n) is 1.82. The third kappa shape index (κ3) is 1.89. The number of nitrogens with one attached hydrogen (secondary N) is 1. The molecule has 1 N–H and O–H groups in total. The minimum Gasteiger partial charge on any atom is -0.359 e. The zero-order valence-electron chi connectivity index (χ0n) is 9.59. The summed E-state index contributed by atoms with van der Waals surface area (Å²) in [5.74, 6) is 0. The molecule has 1 aliphatic carbocycles. The summed E-state index contributed by atoms with van der Waals surface area (Å²) in [4.78, 5) is 9.24. The highest BCUT2D eigenvalue weighted by molar-refractivity contribution is 7.22. The molecule has 2 aromatic heterocycles. The molecule has 0 amide bonds. The second-order valence-corrected chi connectivity index (χ2v) is 6.33. The Kier molecular flexibility index (Phi) is 2.34. The molecule has 1 fully saturated rings. The summed E-state index contributed by atoms with van der Waals surface area (Å²) in [6, 6.07) is 8.87. The minimum absolute atomic E-state index is 0.652. The van der Waals surface area contributed by atoms with Crippen molar-refractivity contribution < 1.29 is 0 Å². The number of hydrogen-bond acceptors (Lipinski definition) is 5. The molecule has 18 heavy (non-hydrogen) atoms. The van der Waals surface area contributed by atoms with Crippen molar-refractivity contribution in [3.8, 4) is 10.7 Å². The van der Waals surface area contributed by atoms with E-state index < -0.39 is 0 Å². The Balaban J connectivity index is 1.70. The molecule has 1 saturated carbocycles. The Morgan fingerprint density at radius 1 is 1.17 bits per heavy atom. The number of benzene rings is 1. The second-order valence-electron chi connectivity index (χ2n) is 4.44. The van der Waals surface area contributed by atoms with Gasteiger partial charge in [0.2, 0.25) is 0 Å². The number of anilines is 1. The average molecular weight is 273 g/mol. The highest BCUT2D eigenvalue weighted by Crippen LogP contribution is 2.33. The lowest BCUT2D eigenvalue weighted by Gasteiger charge is -1.95. The summed E-state index contributed by atoms with van der Waals surface area (Å²) < 4.78 is 1.22. The molecule has 0 spiro atoms. The number of aromatic nitrogens is 2. The summed E-state index contributed by atoms with van der Waals surface area (Å²) in [6.45, 7) is 0. The van der Waals surface area contributed by atoms with E-state index in [9.17, 15) is 0 Å². The van der Waals surface area contributed by atoms with Crippen LogP contribution in [0.25, 0.3) is 20.9 Å². The Labute approximate surface area is 113 Å². The zero-order chi connectivity index (χ0) is 11.9. The molecule has 3 nitrogen and oxygen atoms in total. The molecule has 0 aliphatic heterocycles. The van der Waals surface area contributed by atoms with Crippen molar-refractivity contribution in [2.45, 2.75) is 18.9 Å². The number of rotatable bonds is 3. The minimum atomic E-state index is 0.652. The Hall–Kier alpha value is -1.46. The molecule has 2 heterocycles. The summed E-state index contributed by atoms with van der Waals surface area (Å²) in [5.41, 5.74) is 2.05. The zero-order valence-corrected chi connectivity index (χ0v) is 11.2. The lowest BCUT2D eigenvalue weighted by Crippen LogP contribution is -1.99. The topological polar surface area (TPSA) is 37.8 Å². The van der Waals surface area contributed by atoms with Gasteiger partial charge in [0.05, 0.1) is 10.2 Å². The first-order valence-electron chi connectivity index (χ1n) is 5.96. The van der Waals surface area contributed by atoms with Crippen LogP contribution < -0.4 is 5.32 Å². The number of hydrogen-bond donors (Lipinski definition) is 1. The molecule has 0 saturated heterocycles. The van der Waals surface area contributed by atoms with Gasteiger partial charge in [-0.15, -0.1) is 22.7 Å².